The maximum absolute atomic E-state index is 12.8. The Morgan fingerprint density at radius 3 is 2.37 bits per heavy atom. The van der Waals surface area contributed by atoms with Crippen molar-refractivity contribution < 1.29 is 27.5 Å². The van der Waals surface area contributed by atoms with Crippen LogP contribution in [0.5, 0.6) is 0 Å². The van der Waals surface area contributed by atoms with Crippen molar-refractivity contribution in [3.8, 4) is 0 Å². The van der Waals surface area contributed by atoms with Gasteiger partial charge in [-0.1, -0.05) is 6.07 Å². The van der Waals surface area contributed by atoms with Gasteiger partial charge >= 0.3 is 12.1 Å². The van der Waals surface area contributed by atoms with E-state index >= 15 is 0 Å². The number of esters is 1. The second-order valence-corrected chi connectivity index (χ2v) is 7.61. The summed E-state index contributed by atoms with van der Waals surface area (Å²) in [6.07, 6.45) is -3.24. The zero-order chi connectivity index (χ0) is 20.2. The predicted octanol–water partition coefficient (Wildman–Crippen LogP) is 3.24. The number of carbonyl (C=O) groups is 2. The molecule has 0 bridgehead atoms. The highest BCUT2D eigenvalue weighted by molar-refractivity contribution is 5.94. The van der Waals surface area contributed by atoms with Crippen LogP contribution in [0, 0.1) is 0 Å². The summed E-state index contributed by atoms with van der Waals surface area (Å²) in [4.78, 5) is 25.7. The summed E-state index contributed by atoms with van der Waals surface area (Å²) >= 11 is 0. The van der Waals surface area contributed by atoms with E-state index in [9.17, 15) is 22.8 Å². The molecule has 1 aromatic rings. The normalized spacial score (nSPS) is 16.3. The zero-order valence-corrected chi connectivity index (χ0v) is 15.7. The van der Waals surface area contributed by atoms with E-state index in [0.29, 0.717) is 25.9 Å². The standard InChI is InChI=1S/C19H25F3N2O3/c1-18(2,3)27-16(25)12-23-15-7-9-24(10-8-15)17(26)13-5-4-6-14(11-13)19(20,21)22/h4-6,11,15,23H,7-10,12H2,1-3H3. The molecule has 1 aromatic carbocycles. The second kappa shape index (κ2) is 8.29. The Hall–Kier alpha value is -2.09. The molecule has 1 aliphatic heterocycles. The molecule has 2 rings (SSSR count). The molecule has 150 valence electrons. The van der Waals surface area contributed by atoms with Crippen molar-refractivity contribution in [3.05, 3.63) is 35.4 Å². The lowest BCUT2D eigenvalue weighted by Crippen LogP contribution is -2.46. The lowest BCUT2D eigenvalue weighted by Gasteiger charge is -2.32. The highest BCUT2D eigenvalue weighted by Crippen LogP contribution is 2.30. The van der Waals surface area contributed by atoms with Gasteiger partial charge in [-0.05, 0) is 51.8 Å². The number of carbonyl (C=O) groups excluding carboxylic acids is 2. The fourth-order valence-corrected chi connectivity index (χ4v) is 2.90. The van der Waals surface area contributed by atoms with Crippen molar-refractivity contribution >= 4 is 11.9 Å². The van der Waals surface area contributed by atoms with E-state index < -0.39 is 23.2 Å². The average Bonchev–Trinajstić information content (AvgIpc) is 2.58. The van der Waals surface area contributed by atoms with Gasteiger partial charge in [0.05, 0.1) is 12.1 Å². The molecule has 1 amide bonds. The largest absolute Gasteiger partial charge is 0.459 e. The first-order valence-electron chi connectivity index (χ1n) is 8.87. The first-order chi connectivity index (χ1) is 12.5. The summed E-state index contributed by atoms with van der Waals surface area (Å²) in [6.45, 7) is 6.31. The lowest BCUT2D eigenvalue weighted by molar-refractivity contribution is -0.153. The van der Waals surface area contributed by atoms with Gasteiger partial charge in [0.2, 0.25) is 0 Å². The Bertz CT molecular complexity index is 676. The molecule has 1 aliphatic rings. The van der Waals surface area contributed by atoms with Crippen LogP contribution in [0.1, 0.15) is 49.5 Å². The molecule has 27 heavy (non-hydrogen) atoms. The molecule has 0 radical (unpaired) electrons. The number of benzene rings is 1. The summed E-state index contributed by atoms with van der Waals surface area (Å²) in [5, 5.41) is 3.11. The molecule has 1 saturated heterocycles. The van der Waals surface area contributed by atoms with E-state index in [1.54, 1.807) is 25.7 Å². The Morgan fingerprint density at radius 2 is 1.81 bits per heavy atom. The third kappa shape index (κ3) is 6.53. The van der Waals surface area contributed by atoms with Crippen LogP contribution in [0.3, 0.4) is 0 Å². The van der Waals surface area contributed by atoms with Crippen molar-refractivity contribution in [2.45, 2.75) is 51.4 Å². The lowest BCUT2D eigenvalue weighted by atomic mass is 10.0. The number of hydrogen-bond acceptors (Lipinski definition) is 4. The molecule has 0 spiro atoms. The minimum Gasteiger partial charge on any atom is -0.459 e. The second-order valence-electron chi connectivity index (χ2n) is 7.61. The monoisotopic (exact) mass is 386 g/mol. The molecule has 8 heteroatoms. The number of hydrogen-bond donors (Lipinski definition) is 1. The summed E-state index contributed by atoms with van der Waals surface area (Å²) in [6, 6.07) is 4.53. The molecule has 0 saturated carbocycles. The average molecular weight is 386 g/mol. The number of likely N-dealkylation sites (tertiary alicyclic amines) is 1. The molecule has 0 aromatic heterocycles. The number of nitrogens with one attached hydrogen (secondary N) is 1. The molecule has 1 fully saturated rings. The molecular formula is C19H25F3N2O3. The van der Waals surface area contributed by atoms with E-state index in [1.165, 1.54) is 12.1 Å². The number of rotatable bonds is 4. The molecule has 0 atom stereocenters. The van der Waals surface area contributed by atoms with Crippen LogP contribution in [-0.4, -0.2) is 48.1 Å². The third-order valence-electron chi connectivity index (χ3n) is 4.17. The maximum atomic E-state index is 12.8. The zero-order valence-electron chi connectivity index (χ0n) is 15.7. The van der Waals surface area contributed by atoms with Gasteiger partial charge in [0, 0.05) is 24.7 Å². The van der Waals surface area contributed by atoms with E-state index in [2.05, 4.69) is 5.32 Å². The summed E-state index contributed by atoms with van der Waals surface area (Å²) in [5.41, 5.74) is -1.34. The van der Waals surface area contributed by atoms with Crippen molar-refractivity contribution in [2.24, 2.45) is 0 Å². The van der Waals surface area contributed by atoms with Crippen molar-refractivity contribution in [2.75, 3.05) is 19.6 Å². The summed E-state index contributed by atoms with van der Waals surface area (Å²) in [7, 11) is 0. The fraction of sp³-hybridized carbons (Fsp3) is 0.579. The van der Waals surface area contributed by atoms with E-state index in [1.807, 2.05) is 0 Å². The number of alkyl halides is 3. The molecule has 5 nitrogen and oxygen atoms in total. The van der Waals surface area contributed by atoms with E-state index in [4.69, 9.17) is 4.74 Å². The quantitative estimate of drug-likeness (QED) is 0.808. The van der Waals surface area contributed by atoms with Crippen LogP contribution in [0.4, 0.5) is 13.2 Å². The Labute approximate surface area is 156 Å². The van der Waals surface area contributed by atoms with E-state index in [0.717, 1.165) is 12.1 Å². The van der Waals surface area contributed by atoms with Gasteiger partial charge in [-0.15, -0.1) is 0 Å². The molecule has 1 heterocycles. The van der Waals surface area contributed by atoms with Crippen molar-refractivity contribution in [3.63, 3.8) is 0 Å². The van der Waals surface area contributed by atoms with Crippen molar-refractivity contribution in [1.29, 1.82) is 0 Å². The van der Waals surface area contributed by atoms with Gasteiger partial charge in [-0.2, -0.15) is 13.2 Å². The van der Waals surface area contributed by atoms with Gasteiger partial charge < -0.3 is 15.0 Å². The van der Waals surface area contributed by atoms with Crippen LogP contribution in [0.25, 0.3) is 0 Å². The topological polar surface area (TPSA) is 58.6 Å². The first kappa shape index (κ1) is 21.2. The van der Waals surface area contributed by atoms with Crippen molar-refractivity contribution in [1.82, 2.24) is 10.2 Å². The molecule has 1 N–H and O–H groups in total. The maximum Gasteiger partial charge on any atom is 0.416 e. The fourth-order valence-electron chi connectivity index (χ4n) is 2.90. The first-order valence-corrected chi connectivity index (χ1v) is 8.87. The Kier molecular flexibility index (Phi) is 6.51. The van der Waals surface area contributed by atoms with Gasteiger partial charge in [-0.25, -0.2) is 0 Å². The van der Waals surface area contributed by atoms with Gasteiger partial charge in [0.25, 0.3) is 5.91 Å². The Balaban J connectivity index is 1.85. The number of amides is 1. The van der Waals surface area contributed by atoms with Crippen LogP contribution in [-0.2, 0) is 15.7 Å². The Morgan fingerprint density at radius 1 is 1.19 bits per heavy atom. The highest BCUT2D eigenvalue weighted by Gasteiger charge is 2.32. The molecule has 0 aliphatic carbocycles. The number of nitrogens with zero attached hydrogens (tertiary/aromatic N) is 1. The smallest absolute Gasteiger partial charge is 0.416 e. The predicted molar refractivity (Wildman–Crippen MR) is 94.2 cm³/mol. The number of ether oxygens (including phenoxy) is 1. The van der Waals surface area contributed by atoms with Crippen LogP contribution >= 0.6 is 0 Å². The van der Waals surface area contributed by atoms with Crippen LogP contribution in [0.2, 0.25) is 0 Å². The van der Waals surface area contributed by atoms with Crippen LogP contribution < -0.4 is 5.32 Å². The number of halogens is 3. The third-order valence-corrected chi connectivity index (χ3v) is 4.17. The van der Waals surface area contributed by atoms with E-state index in [-0.39, 0.29) is 24.1 Å². The summed E-state index contributed by atoms with van der Waals surface area (Å²) < 4.78 is 43.6. The summed E-state index contributed by atoms with van der Waals surface area (Å²) in [5.74, 6) is -0.753. The minimum atomic E-state index is -4.48. The van der Waals surface area contributed by atoms with Gasteiger partial charge in [0.1, 0.15) is 5.60 Å². The SMILES string of the molecule is CC(C)(C)OC(=O)CNC1CCN(C(=O)c2cccc(C(F)(F)F)c2)CC1. The van der Waals surface area contributed by atoms with Gasteiger partial charge in [-0.3, -0.25) is 9.59 Å². The molecule has 0 unspecified atom stereocenters. The minimum absolute atomic E-state index is 0.0324. The van der Waals surface area contributed by atoms with Crippen LogP contribution in [0.15, 0.2) is 24.3 Å². The highest BCUT2D eigenvalue weighted by atomic mass is 19.4. The molecular weight excluding hydrogens is 361 g/mol. The van der Waals surface area contributed by atoms with Gasteiger partial charge in [0.15, 0.2) is 0 Å². The number of piperidine rings is 1.